The third kappa shape index (κ3) is 9.52. The summed E-state index contributed by atoms with van der Waals surface area (Å²) in [5.74, 6) is 0.858. The van der Waals surface area contributed by atoms with Gasteiger partial charge < -0.3 is 20.3 Å². The Bertz CT molecular complexity index is 291. The topological polar surface area (TPSA) is 48.9 Å². The van der Waals surface area contributed by atoms with Gasteiger partial charge in [-0.15, -0.1) is 24.0 Å². The molecule has 0 amide bonds. The van der Waals surface area contributed by atoms with E-state index in [4.69, 9.17) is 4.74 Å². The molecule has 1 fully saturated rings. The number of nitrogens with zero attached hydrogens (tertiary/aromatic N) is 2. The van der Waals surface area contributed by atoms with Crippen LogP contribution in [-0.2, 0) is 4.74 Å². The van der Waals surface area contributed by atoms with Crippen molar-refractivity contribution in [2.45, 2.75) is 45.1 Å². The number of halogens is 1. The van der Waals surface area contributed by atoms with Crippen molar-refractivity contribution < 1.29 is 4.74 Å². The van der Waals surface area contributed by atoms with E-state index in [2.05, 4.69) is 34.4 Å². The smallest absolute Gasteiger partial charge is 0.191 e. The first kappa shape index (κ1) is 20.9. The lowest BCUT2D eigenvalue weighted by atomic mass is 10.1. The van der Waals surface area contributed by atoms with Gasteiger partial charge in [-0.3, -0.25) is 4.99 Å². The summed E-state index contributed by atoms with van der Waals surface area (Å²) in [5, 5.41) is 6.65. The summed E-state index contributed by atoms with van der Waals surface area (Å²) in [4.78, 5) is 6.79. The van der Waals surface area contributed by atoms with Gasteiger partial charge in [0, 0.05) is 27.2 Å². The number of aliphatic imine (C=N–C) groups is 1. The van der Waals surface area contributed by atoms with Gasteiger partial charge in [0.1, 0.15) is 0 Å². The van der Waals surface area contributed by atoms with E-state index in [1.54, 1.807) is 14.2 Å². The molecule has 0 aliphatic carbocycles. The minimum absolute atomic E-state index is 0. The summed E-state index contributed by atoms with van der Waals surface area (Å²) in [5.41, 5.74) is -0.173. The van der Waals surface area contributed by atoms with E-state index in [1.165, 1.54) is 45.3 Å². The number of nitrogens with one attached hydrogen (secondary N) is 2. The quantitative estimate of drug-likeness (QED) is 0.277. The zero-order valence-corrected chi connectivity index (χ0v) is 16.4. The Morgan fingerprint density at radius 2 is 1.86 bits per heavy atom. The Hall–Kier alpha value is -0.0800. The van der Waals surface area contributed by atoms with Crippen LogP contribution in [0.25, 0.3) is 0 Å². The van der Waals surface area contributed by atoms with Crippen molar-refractivity contribution in [1.82, 2.24) is 15.5 Å². The second kappa shape index (κ2) is 11.5. The fourth-order valence-corrected chi connectivity index (χ4v) is 2.26. The van der Waals surface area contributed by atoms with E-state index < -0.39 is 0 Å². The van der Waals surface area contributed by atoms with Crippen molar-refractivity contribution in [3.63, 3.8) is 0 Å². The molecule has 1 aliphatic heterocycles. The predicted octanol–water partition coefficient (Wildman–Crippen LogP) is 2.07. The highest BCUT2D eigenvalue weighted by molar-refractivity contribution is 14.0. The lowest BCUT2D eigenvalue weighted by molar-refractivity contribution is 0.0268. The molecule has 6 heteroatoms. The summed E-state index contributed by atoms with van der Waals surface area (Å²) in [7, 11) is 3.54. The molecule has 0 aromatic rings. The fraction of sp³-hybridized carbons (Fsp3) is 0.933. The SMILES string of the molecule is CN=C(NCCCCN1CCCC1)NCC(C)(C)OC.I. The van der Waals surface area contributed by atoms with Crippen LogP contribution in [0.1, 0.15) is 39.5 Å². The van der Waals surface area contributed by atoms with Crippen LogP contribution in [0.15, 0.2) is 4.99 Å². The molecular weight excluding hydrogens is 379 g/mol. The molecule has 0 aromatic heterocycles. The molecule has 1 aliphatic rings. The molecule has 1 rings (SSSR count). The average Bonchev–Trinajstić information content (AvgIpc) is 2.95. The molecule has 0 radical (unpaired) electrons. The molecule has 0 saturated carbocycles. The van der Waals surface area contributed by atoms with Crippen molar-refractivity contribution >= 4 is 29.9 Å². The van der Waals surface area contributed by atoms with E-state index in [9.17, 15) is 0 Å². The summed E-state index contributed by atoms with van der Waals surface area (Å²) in [6.07, 6.45) is 5.20. The lowest BCUT2D eigenvalue weighted by Gasteiger charge is -2.24. The molecule has 1 heterocycles. The van der Waals surface area contributed by atoms with Gasteiger partial charge in [0.2, 0.25) is 0 Å². The van der Waals surface area contributed by atoms with Crippen LogP contribution in [0, 0.1) is 0 Å². The second-order valence-corrected chi connectivity index (χ2v) is 6.07. The van der Waals surface area contributed by atoms with Gasteiger partial charge in [-0.05, 0) is 59.2 Å². The Morgan fingerprint density at radius 3 is 2.43 bits per heavy atom. The molecule has 1 saturated heterocycles. The maximum absolute atomic E-state index is 5.38. The number of rotatable bonds is 8. The largest absolute Gasteiger partial charge is 0.377 e. The fourth-order valence-electron chi connectivity index (χ4n) is 2.26. The van der Waals surface area contributed by atoms with Crippen LogP contribution in [0.3, 0.4) is 0 Å². The number of unbranched alkanes of at least 4 members (excludes halogenated alkanes) is 1. The maximum Gasteiger partial charge on any atom is 0.191 e. The number of ether oxygens (including phenoxy) is 1. The van der Waals surface area contributed by atoms with E-state index in [-0.39, 0.29) is 29.6 Å². The number of methoxy groups -OCH3 is 1. The van der Waals surface area contributed by atoms with Gasteiger partial charge in [0.05, 0.1) is 5.60 Å². The van der Waals surface area contributed by atoms with E-state index in [0.29, 0.717) is 0 Å². The van der Waals surface area contributed by atoms with Gasteiger partial charge in [-0.1, -0.05) is 0 Å². The first-order valence-electron chi connectivity index (χ1n) is 7.79. The summed E-state index contributed by atoms with van der Waals surface area (Å²) >= 11 is 0. The molecular formula is C15H33IN4O. The predicted molar refractivity (Wildman–Crippen MR) is 101 cm³/mol. The van der Waals surface area contributed by atoms with Crippen molar-refractivity contribution in [2.24, 2.45) is 4.99 Å². The van der Waals surface area contributed by atoms with Crippen LogP contribution in [0.5, 0.6) is 0 Å². The van der Waals surface area contributed by atoms with Crippen LogP contribution < -0.4 is 10.6 Å². The monoisotopic (exact) mass is 412 g/mol. The summed E-state index contributed by atoms with van der Waals surface area (Å²) in [6, 6.07) is 0. The van der Waals surface area contributed by atoms with Gasteiger partial charge in [-0.2, -0.15) is 0 Å². The first-order chi connectivity index (χ1) is 9.57. The van der Waals surface area contributed by atoms with Gasteiger partial charge >= 0.3 is 0 Å². The van der Waals surface area contributed by atoms with Crippen LogP contribution in [0.4, 0.5) is 0 Å². The maximum atomic E-state index is 5.38. The molecule has 0 bridgehead atoms. The van der Waals surface area contributed by atoms with Crippen molar-refractivity contribution in [1.29, 1.82) is 0 Å². The van der Waals surface area contributed by atoms with Crippen molar-refractivity contribution in [3.05, 3.63) is 0 Å². The molecule has 0 unspecified atom stereocenters. The zero-order valence-electron chi connectivity index (χ0n) is 14.1. The Morgan fingerprint density at radius 1 is 1.19 bits per heavy atom. The first-order valence-corrected chi connectivity index (χ1v) is 7.79. The highest BCUT2D eigenvalue weighted by Gasteiger charge is 2.16. The van der Waals surface area contributed by atoms with Crippen LogP contribution in [-0.4, -0.2) is 63.3 Å². The summed E-state index contributed by atoms with van der Waals surface area (Å²) < 4.78 is 5.38. The van der Waals surface area contributed by atoms with Gasteiger partial charge in [-0.25, -0.2) is 0 Å². The number of hydrogen-bond donors (Lipinski definition) is 2. The van der Waals surface area contributed by atoms with Gasteiger partial charge in [0.25, 0.3) is 0 Å². The number of guanidine groups is 1. The van der Waals surface area contributed by atoms with Crippen LogP contribution in [0.2, 0.25) is 0 Å². The van der Waals surface area contributed by atoms with Crippen molar-refractivity contribution in [2.75, 3.05) is 46.9 Å². The zero-order chi connectivity index (χ0) is 14.8. The third-order valence-electron chi connectivity index (χ3n) is 3.85. The molecule has 21 heavy (non-hydrogen) atoms. The normalized spacial score (nSPS) is 16.7. The molecule has 5 nitrogen and oxygen atoms in total. The van der Waals surface area contributed by atoms with E-state index in [1.807, 2.05) is 0 Å². The highest BCUT2D eigenvalue weighted by Crippen LogP contribution is 2.08. The van der Waals surface area contributed by atoms with E-state index in [0.717, 1.165) is 19.0 Å². The molecule has 126 valence electrons. The highest BCUT2D eigenvalue weighted by atomic mass is 127. The number of hydrogen-bond acceptors (Lipinski definition) is 3. The molecule has 0 spiro atoms. The minimum Gasteiger partial charge on any atom is -0.377 e. The molecule has 0 atom stereocenters. The van der Waals surface area contributed by atoms with Crippen molar-refractivity contribution in [3.8, 4) is 0 Å². The Kier molecular flexibility index (Phi) is 11.4. The summed E-state index contributed by atoms with van der Waals surface area (Å²) in [6.45, 7) is 9.67. The Balaban J connectivity index is 0.00000400. The molecule has 2 N–H and O–H groups in total. The Labute approximate surface area is 147 Å². The lowest BCUT2D eigenvalue weighted by Crippen LogP contribution is -2.45. The standard InChI is InChI=1S/C15H32N4O.HI/c1-15(2,20-4)13-18-14(16-3)17-9-5-6-10-19-11-7-8-12-19;/h5-13H2,1-4H3,(H2,16,17,18);1H. The third-order valence-corrected chi connectivity index (χ3v) is 3.85. The van der Waals surface area contributed by atoms with Gasteiger partial charge in [0.15, 0.2) is 5.96 Å². The van der Waals surface area contributed by atoms with Crippen LogP contribution >= 0.6 is 24.0 Å². The minimum atomic E-state index is -0.173. The average molecular weight is 412 g/mol. The molecule has 0 aromatic carbocycles. The second-order valence-electron chi connectivity index (χ2n) is 6.07. The van der Waals surface area contributed by atoms with E-state index >= 15 is 0 Å². The number of likely N-dealkylation sites (tertiary alicyclic amines) is 1.